The molecule has 3 aromatic rings. The average Bonchev–Trinajstić information content (AvgIpc) is 3.19. The van der Waals surface area contributed by atoms with Gasteiger partial charge < -0.3 is 15.5 Å². The minimum absolute atomic E-state index is 0.00871. The Labute approximate surface area is 203 Å². The van der Waals surface area contributed by atoms with Crippen LogP contribution in [0.1, 0.15) is 51.1 Å². The number of hydrogen-bond acceptors (Lipinski definition) is 4. The SMILES string of the molecule is CC(C)NC(=O)c1ccccc1NC(=O)c1ccc([C@@H]2SCC(=O)N2Cc2ccccc2)cc1. The highest BCUT2D eigenvalue weighted by Crippen LogP contribution is 2.39. The van der Waals surface area contributed by atoms with E-state index in [1.165, 1.54) is 0 Å². The Bertz CT molecular complexity index is 1180. The van der Waals surface area contributed by atoms with Gasteiger partial charge in [-0.2, -0.15) is 0 Å². The van der Waals surface area contributed by atoms with Gasteiger partial charge in [0.05, 0.1) is 17.0 Å². The number of carbonyl (C=O) groups excluding carboxylic acids is 3. The lowest BCUT2D eigenvalue weighted by Gasteiger charge is -2.24. The standard InChI is InChI=1S/C27H27N3O3S/c1-18(2)28-26(33)22-10-6-7-11-23(22)29-25(32)20-12-14-21(15-13-20)27-30(24(31)17-34-27)16-19-8-4-3-5-9-19/h3-15,18,27H,16-17H2,1-2H3,(H,28,33)(H,29,32)/t27-/m0/s1. The molecule has 0 aliphatic carbocycles. The van der Waals surface area contributed by atoms with Crippen LogP contribution in [0, 0.1) is 0 Å². The third kappa shape index (κ3) is 5.48. The molecule has 3 aromatic carbocycles. The fraction of sp³-hybridized carbons (Fsp3) is 0.222. The van der Waals surface area contributed by atoms with Crippen molar-refractivity contribution in [3.05, 3.63) is 101 Å². The van der Waals surface area contributed by atoms with Gasteiger partial charge >= 0.3 is 0 Å². The normalized spacial score (nSPS) is 15.4. The largest absolute Gasteiger partial charge is 0.350 e. The van der Waals surface area contributed by atoms with Crippen molar-refractivity contribution in [2.75, 3.05) is 11.1 Å². The molecular formula is C27H27N3O3S. The maximum absolute atomic E-state index is 12.9. The van der Waals surface area contributed by atoms with Crippen molar-refractivity contribution in [1.82, 2.24) is 10.2 Å². The summed E-state index contributed by atoms with van der Waals surface area (Å²) >= 11 is 1.59. The van der Waals surface area contributed by atoms with Crippen LogP contribution < -0.4 is 10.6 Å². The van der Waals surface area contributed by atoms with Gasteiger partial charge in [0.1, 0.15) is 5.37 Å². The molecule has 174 valence electrons. The van der Waals surface area contributed by atoms with Crippen LogP contribution in [-0.2, 0) is 11.3 Å². The summed E-state index contributed by atoms with van der Waals surface area (Å²) in [6.07, 6.45) is 0. The summed E-state index contributed by atoms with van der Waals surface area (Å²) in [5.74, 6) is 0.0156. The first-order valence-corrected chi connectivity index (χ1v) is 12.2. The van der Waals surface area contributed by atoms with Crippen LogP contribution >= 0.6 is 11.8 Å². The van der Waals surface area contributed by atoms with E-state index in [2.05, 4.69) is 10.6 Å². The van der Waals surface area contributed by atoms with Crippen molar-refractivity contribution >= 4 is 35.2 Å². The summed E-state index contributed by atoms with van der Waals surface area (Å²) in [6, 6.07) is 24.1. The molecule has 3 amide bonds. The van der Waals surface area contributed by atoms with Crippen LogP contribution in [-0.4, -0.2) is 34.4 Å². The van der Waals surface area contributed by atoms with Crippen LogP contribution in [0.3, 0.4) is 0 Å². The Morgan fingerprint density at radius 1 is 0.941 bits per heavy atom. The monoisotopic (exact) mass is 473 g/mol. The molecule has 0 aromatic heterocycles. The highest BCUT2D eigenvalue weighted by Gasteiger charge is 2.32. The molecule has 0 saturated carbocycles. The topological polar surface area (TPSA) is 78.5 Å². The number of rotatable bonds is 7. The molecule has 1 saturated heterocycles. The summed E-state index contributed by atoms with van der Waals surface area (Å²) in [7, 11) is 0. The molecule has 34 heavy (non-hydrogen) atoms. The van der Waals surface area contributed by atoms with Gasteiger partial charge in [0, 0.05) is 18.2 Å². The molecular weight excluding hydrogens is 446 g/mol. The third-order valence-electron chi connectivity index (χ3n) is 5.46. The zero-order valence-electron chi connectivity index (χ0n) is 19.2. The molecule has 0 unspecified atom stereocenters. The average molecular weight is 474 g/mol. The molecule has 0 bridgehead atoms. The number of para-hydroxylation sites is 1. The number of anilines is 1. The van der Waals surface area contributed by atoms with Crippen molar-refractivity contribution in [3.63, 3.8) is 0 Å². The maximum atomic E-state index is 12.9. The first kappa shape index (κ1) is 23.6. The molecule has 1 aliphatic rings. The van der Waals surface area contributed by atoms with Crippen LogP contribution in [0.15, 0.2) is 78.9 Å². The molecule has 2 N–H and O–H groups in total. The van der Waals surface area contributed by atoms with E-state index >= 15 is 0 Å². The van der Waals surface area contributed by atoms with Gasteiger partial charge in [0.25, 0.3) is 11.8 Å². The first-order chi connectivity index (χ1) is 16.4. The van der Waals surface area contributed by atoms with E-state index in [9.17, 15) is 14.4 Å². The number of hydrogen-bond donors (Lipinski definition) is 2. The number of carbonyl (C=O) groups is 3. The zero-order valence-corrected chi connectivity index (χ0v) is 20.0. The van der Waals surface area contributed by atoms with E-state index in [1.54, 1.807) is 48.2 Å². The van der Waals surface area contributed by atoms with Gasteiger partial charge in [0.2, 0.25) is 5.91 Å². The molecule has 1 aliphatic heterocycles. The van der Waals surface area contributed by atoms with Gasteiger partial charge in [-0.3, -0.25) is 14.4 Å². The lowest BCUT2D eigenvalue weighted by Crippen LogP contribution is -2.31. The number of nitrogens with zero attached hydrogens (tertiary/aromatic N) is 1. The van der Waals surface area contributed by atoms with Crippen molar-refractivity contribution in [2.24, 2.45) is 0 Å². The molecule has 4 rings (SSSR count). The highest BCUT2D eigenvalue weighted by atomic mass is 32.2. The number of benzene rings is 3. The Balaban J connectivity index is 1.47. The molecule has 1 atom stereocenters. The summed E-state index contributed by atoms with van der Waals surface area (Å²) in [6.45, 7) is 4.32. The lowest BCUT2D eigenvalue weighted by molar-refractivity contribution is -0.128. The minimum atomic E-state index is -0.298. The van der Waals surface area contributed by atoms with E-state index in [-0.39, 0.29) is 29.1 Å². The summed E-state index contributed by atoms with van der Waals surface area (Å²) in [5, 5.41) is 5.61. The second-order valence-corrected chi connectivity index (χ2v) is 9.49. The van der Waals surface area contributed by atoms with Crippen molar-refractivity contribution in [1.29, 1.82) is 0 Å². The van der Waals surface area contributed by atoms with Crippen molar-refractivity contribution in [3.8, 4) is 0 Å². The van der Waals surface area contributed by atoms with E-state index in [1.807, 2.05) is 61.2 Å². The van der Waals surface area contributed by atoms with Gasteiger partial charge in [-0.05, 0) is 49.2 Å². The number of amides is 3. The number of thioether (sulfide) groups is 1. The first-order valence-electron chi connectivity index (χ1n) is 11.2. The van der Waals surface area contributed by atoms with Crippen LogP contribution in [0.25, 0.3) is 0 Å². The fourth-order valence-corrected chi connectivity index (χ4v) is 4.99. The summed E-state index contributed by atoms with van der Waals surface area (Å²) < 4.78 is 0. The quantitative estimate of drug-likeness (QED) is 0.514. The molecule has 1 fully saturated rings. The fourth-order valence-electron chi connectivity index (χ4n) is 3.80. The summed E-state index contributed by atoms with van der Waals surface area (Å²) in [4.78, 5) is 39.7. The van der Waals surface area contributed by atoms with Crippen molar-refractivity contribution in [2.45, 2.75) is 31.8 Å². The Morgan fingerprint density at radius 3 is 2.32 bits per heavy atom. The summed E-state index contributed by atoms with van der Waals surface area (Å²) in [5.41, 5.74) is 3.41. The van der Waals surface area contributed by atoms with E-state index < -0.39 is 0 Å². The molecule has 1 heterocycles. The molecule has 0 spiro atoms. The van der Waals surface area contributed by atoms with Gasteiger partial charge in [-0.25, -0.2) is 0 Å². The predicted octanol–water partition coefficient (Wildman–Crippen LogP) is 4.85. The predicted molar refractivity (Wildman–Crippen MR) is 136 cm³/mol. The lowest BCUT2D eigenvalue weighted by atomic mass is 10.1. The molecule has 7 heteroatoms. The maximum Gasteiger partial charge on any atom is 0.255 e. The molecule has 0 radical (unpaired) electrons. The van der Waals surface area contributed by atoms with E-state index in [4.69, 9.17) is 0 Å². The van der Waals surface area contributed by atoms with Gasteiger partial charge in [-0.1, -0.05) is 54.6 Å². The van der Waals surface area contributed by atoms with E-state index in [0.29, 0.717) is 29.1 Å². The highest BCUT2D eigenvalue weighted by molar-refractivity contribution is 8.00. The van der Waals surface area contributed by atoms with Crippen LogP contribution in [0.5, 0.6) is 0 Å². The van der Waals surface area contributed by atoms with Gasteiger partial charge in [-0.15, -0.1) is 11.8 Å². The third-order valence-corrected chi connectivity index (χ3v) is 6.72. The van der Waals surface area contributed by atoms with Gasteiger partial charge in [0.15, 0.2) is 0 Å². The Kier molecular flexibility index (Phi) is 7.33. The van der Waals surface area contributed by atoms with Crippen molar-refractivity contribution < 1.29 is 14.4 Å². The van der Waals surface area contributed by atoms with E-state index in [0.717, 1.165) is 11.1 Å². The zero-order chi connectivity index (χ0) is 24.1. The smallest absolute Gasteiger partial charge is 0.255 e. The Morgan fingerprint density at radius 2 is 1.62 bits per heavy atom. The number of nitrogens with one attached hydrogen (secondary N) is 2. The van der Waals surface area contributed by atoms with Crippen LogP contribution in [0.2, 0.25) is 0 Å². The second-order valence-electron chi connectivity index (χ2n) is 8.42. The van der Waals surface area contributed by atoms with Crippen LogP contribution in [0.4, 0.5) is 5.69 Å². The molecule has 6 nitrogen and oxygen atoms in total. The minimum Gasteiger partial charge on any atom is -0.350 e. The second kappa shape index (κ2) is 10.6. The Hall–Kier alpha value is -3.58.